The predicted octanol–water partition coefficient (Wildman–Crippen LogP) is 3.77. The first-order chi connectivity index (χ1) is 14.5. The Hall–Kier alpha value is -2.66. The Morgan fingerprint density at radius 2 is 1.67 bits per heavy atom. The quantitative estimate of drug-likeness (QED) is 0.655. The Kier molecular flexibility index (Phi) is 7.63. The van der Waals surface area contributed by atoms with E-state index < -0.39 is 0 Å². The first kappa shape index (κ1) is 22.0. The van der Waals surface area contributed by atoms with Crippen molar-refractivity contribution < 1.29 is 14.3 Å². The molecule has 3 rings (SSSR count). The zero-order valence-corrected chi connectivity index (χ0v) is 18.2. The molecule has 1 aliphatic rings. The highest BCUT2D eigenvalue weighted by Crippen LogP contribution is 2.22. The van der Waals surface area contributed by atoms with Gasteiger partial charge in [-0.3, -0.25) is 9.69 Å². The smallest absolute Gasteiger partial charge is 0.337 e. The molecule has 1 fully saturated rings. The fourth-order valence-electron chi connectivity index (χ4n) is 4.05. The topological polar surface area (TPSA) is 49.9 Å². The number of methoxy groups -OCH3 is 1. The second kappa shape index (κ2) is 10.4. The summed E-state index contributed by atoms with van der Waals surface area (Å²) in [5, 5.41) is 0. The van der Waals surface area contributed by atoms with Crippen molar-refractivity contribution in [2.75, 3.05) is 27.2 Å². The Bertz CT molecular complexity index is 827. The normalized spacial score (nSPS) is 15.8. The van der Waals surface area contributed by atoms with Crippen LogP contribution < -0.4 is 0 Å². The first-order valence-corrected chi connectivity index (χ1v) is 10.7. The van der Waals surface area contributed by atoms with Crippen molar-refractivity contribution in [3.8, 4) is 0 Å². The van der Waals surface area contributed by atoms with Gasteiger partial charge in [0.2, 0.25) is 5.91 Å². The van der Waals surface area contributed by atoms with Crippen LogP contribution in [0.3, 0.4) is 0 Å². The number of likely N-dealkylation sites (tertiary alicyclic amines) is 1. The van der Waals surface area contributed by atoms with Crippen molar-refractivity contribution in [3.63, 3.8) is 0 Å². The maximum Gasteiger partial charge on any atom is 0.337 e. The fraction of sp³-hybridized carbons (Fsp3) is 0.440. The van der Waals surface area contributed by atoms with Gasteiger partial charge in [-0.2, -0.15) is 0 Å². The highest BCUT2D eigenvalue weighted by atomic mass is 16.5. The van der Waals surface area contributed by atoms with Gasteiger partial charge in [0.1, 0.15) is 0 Å². The molecule has 0 aromatic heterocycles. The summed E-state index contributed by atoms with van der Waals surface area (Å²) in [6, 6.07) is 17.8. The van der Waals surface area contributed by atoms with Crippen molar-refractivity contribution in [2.45, 2.75) is 38.8 Å². The highest BCUT2D eigenvalue weighted by molar-refractivity contribution is 5.89. The molecule has 0 saturated carbocycles. The van der Waals surface area contributed by atoms with Gasteiger partial charge in [0, 0.05) is 19.6 Å². The summed E-state index contributed by atoms with van der Waals surface area (Å²) < 4.78 is 4.74. The third kappa shape index (κ3) is 5.70. The summed E-state index contributed by atoms with van der Waals surface area (Å²) >= 11 is 0. The van der Waals surface area contributed by atoms with Crippen LogP contribution in [0.2, 0.25) is 0 Å². The van der Waals surface area contributed by atoms with Gasteiger partial charge in [0.15, 0.2) is 0 Å². The number of hydrogen-bond acceptors (Lipinski definition) is 4. The maximum absolute atomic E-state index is 13.0. The molecule has 0 radical (unpaired) electrons. The van der Waals surface area contributed by atoms with Gasteiger partial charge in [-0.25, -0.2) is 4.79 Å². The second-order valence-corrected chi connectivity index (χ2v) is 8.24. The van der Waals surface area contributed by atoms with Crippen LogP contribution in [0.15, 0.2) is 54.6 Å². The zero-order chi connectivity index (χ0) is 21.5. The van der Waals surface area contributed by atoms with Gasteiger partial charge in [0.05, 0.1) is 18.7 Å². The number of hydrogen-bond donors (Lipinski definition) is 0. The number of esters is 1. The van der Waals surface area contributed by atoms with E-state index in [-0.39, 0.29) is 17.9 Å². The molecular formula is C25H32N2O3. The Morgan fingerprint density at radius 3 is 2.27 bits per heavy atom. The monoisotopic (exact) mass is 408 g/mol. The molecule has 1 atom stereocenters. The Labute approximate surface area is 179 Å². The molecule has 2 aromatic rings. The van der Waals surface area contributed by atoms with Crippen LogP contribution in [0.5, 0.6) is 0 Å². The van der Waals surface area contributed by atoms with Crippen LogP contribution in [0, 0.1) is 5.92 Å². The van der Waals surface area contributed by atoms with E-state index in [1.807, 2.05) is 31.0 Å². The SMILES string of the molecule is COC(=O)c1ccc(CN(C)[C@H](C)C(=O)N2CCC(Cc3ccccc3)CC2)cc1. The molecule has 0 aliphatic carbocycles. The van der Waals surface area contributed by atoms with Crippen molar-refractivity contribution in [1.29, 1.82) is 0 Å². The number of nitrogens with zero attached hydrogens (tertiary/aromatic N) is 2. The summed E-state index contributed by atoms with van der Waals surface area (Å²) in [6.07, 6.45) is 3.22. The standard InChI is InChI=1S/C25H32N2O3/c1-19(26(2)18-22-9-11-23(12-10-22)25(29)30-3)24(28)27-15-13-21(14-16-27)17-20-7-5-4-6-8-20/h4-12,19,21H,13-18H2,1-3H3/t19-/m1/s1. The summed E-state index contributed by atoms with van der Waals surface area (Å²) in [7, 11) is 3.35. The van der Waals surface area contributed by atoms with Crippen molar-refractivity contribution in [1.82, 2.24) is 9.80 Å². The van der Waals surface area contributed by atoms with Gasteiger partial charge in [-0.05, 0) is 62.4 Å². The largest absolute Gasteiger partial charge is 0.465 e. The lowest BCUT2D eigenvalue weighted by Gasteiger charge is -2.35. The van der Waals surface area contributed by atoms with E-state index in [1.165, 1.54) is 12.7 Å². The highest BCUT2D eigenvalue weighted by Gasteiger charge is 2.28. The van der Waals surface area contributed by atoms with Gasteiger partial charge in [-0.1, -0.05) is 42.5 Å². The summed E-state index contributed by atoms with van der Waals surface area (Å²) in [5.41, 5.74) is 2.98. The van der Waals surface area contributed by atoms with Gasteiger partial charge < -0.3 is 9.64 Å². The van der Waals surface area contributed by atoms with E-state index in [1.54, 1.807) is 12.1 Å². The molecule has 1 amide bonds. The molecule has 0 N–H and O–H groups in total. The molecule has 0 unspecified atom stereocenters. The minimum absolute atomic E-state index is 0.184. The lowest BCUT2D eigenvalue weighted by Crippen LogP contribution is -2.48. The molecule has 160 valence electrons. The van der Waals surface area contributed by atoms with E-state index >= 15 is 0 Å². The molecule has 2 aromatic carbocycles. The molecule has 0 bridgehead atoms. The van der Waals surface area contributed by atoms with E-state index in [9.17, 15) is 9.59 Å². The first-order valence-electron chi connectivity index (χ1n) is 10.7. The van der Waals surface area contributed by atoms with E-state index in [4.69, 9.17) is 4.74 Å². The van der Waals surface area contributed by atoms with Crippen LogP contribution in [0.4, 0.5) is 0 Å². The number of likely N-dealkylation sites (N-methyl/N-ethyl adjacent to an activating group) is 1. The maximum atomic E-state index is 13.0. The molecule has 1 saturated heterocycles. The van der Waals surface area contributed by atoms with Crippen molar-refractivity contribution >= 4 is 11.9 Å². The molecular weight excluding hydrogens is 376 g/mol. The third-order valence-corrected chi connectivity index (χ3v) is 6.12. The van der Waals surface area contributed by atoms with Crippen molar-refractivity contribution in [2.24, 2.45) is 5.92 Å². The molecule has 5 heteroatoms. The van der Waals surface area contributed by atoms with Crippen molar-refractivity contribution in [3.05, 3.63) is 71.3 Å². The number of benzene rings is 2. The van der Waals surface area contributed by atoms with Gasteiger partial charge in [-0.15, -0.1) is 0 Å². The van der Waals surface area contributed by atoms with Crippen LogP contribution >= 0.6 is 0 Å². The molecule has 1 heterocycles. The number of rotatable bonds is 7. The second-order valence-electron chi connectivity index (χ2n) is 8.24. The summed E-state index contributed by atoms with van der Waals surface area (Å²) in [4.78, 5) is 28.6. The van der Waals surface area contributed by atoms with E-state index in [2.05, 4.69) is 35.2 Å². The van der Waals surface area contributed by atoms with Gasteiger partial charge in [0.25, 0.3) is 0 Å². The van der Waals surface area contributed by atoms with Crippen LogP contribution in [0.1, 0.15) is 41.3 Å². The predicted molar refractivity (Wildman–Crippen MR) is 118 cm³/mol. The lowest BCUT2D eigenvalue weighted by molar-refractivity contribution is -0.137. The summed E-state index contributed by atoms with van der Waals surface area (Å²) in [5.74, 6) is 0.508. The van der Waals surface area contributed by atoms with E-state index in [0.29, 0.717) is 18.0 Å². The number of amides is 1. The fourth-order valence-corrected chi connectivity index (χ4v) is 4.05. The average molecular weight is 409 g/mol. The average Bonchev–Trinajstić information content (AvgIpc) is 2.79. The number of carbonyl (C=O) groups is 2. The lowest BCUT2D eigenvalue weighted by atomic mass is 9.90. The molecule has 0 spiro atoms. The van der Waals surface area contributed by atoms with Crippen LogP contribution in [-0.4, -0.2) is 55.0 Å². The Morgan fingerprint density at radius 1 is 1.03 bits per heavy atom. The molecule has 1 aliphatic heterocycles. The number of carbonyl (C=O) groups excluding carboxylic acids is 2. The van der Waals surface area contributed by atoms with Gasteiger partial charge >= 0.3 is 5.97 Å². The molecule has 5 nitrogen and oxygen atoms in total. The number of piperidine rings is 1. The summed E-state index contributed by atoms with van der Waals surface area (Å²) in [6.45, 7) is 4.30. The third-order valence-electron chi connectivity index (χ3n) is 6.12. The number of ether oxygens (including phenoxy) is 1. The Balaban J connectivity index is 1.48. The van der Waals surface area contributed by atoms with Crippen LogP contribution in [0.25, 0.3) is 0 Å². The van der Waals surface area contributed by atoms with E-state index in [0.717, 1.165) is 37.9 Å². The van der Waals surface area contributed by atoms with Crippen LogP contribution in [-0.2, 0) is 22.5 Å². The zero-order valence-electron chi connectivity index (χ0n) is 18.2. The molecule has 30 heavy (non-hydrogen) atoms. The minimum Gasteiger partial charge on any atom is -0.465 e. The minimum atomic E-state index is -0.339.